The number of hydrogen-bond donors (Lipinski definition) is 0. The van der Waals surface area contributed by atoms with E-state index >= 15 is 0 Å². The van der Waals surface area contributed by atoms with Gasteiger partial charge in [0.25, 0.3) is 0 Å². The third-order valence-corrected chi connectivity index (χ3v) is 5.64. The number of likely N-dealkylation sites (tertiary alicyclic amines) is 1. The van der Waals surface area contributed by atoms with Gasteiger partial charge in [0.1, 0.15) is 5.84 Å². The summed E-state index contributed by atoms with van der Waals surface area (Å²) in [5.74, 6) is 2.41. The summed E-state index contributed by atoms with van der Waals surface area (Å²) < 4.78 is 10.8. The number of methoxy groups -OCH3 is 2. The Morgan fingerprint density at radius 2 is 1.93 bits per heavy atom. The maximum Gasteiger partial charge on any atom is 0.161 e. The van der Waals surface area contributed by atoms with Gasteiger partial charge in [0, 0.05) is 37.4 Å². The molecule has 0 aromatic heterocycles. The van der Waals surface area contributed by atoms with E-state index in [0.717, 1.165) is 48.2 Å². The third-order valence-electron chi connectivity index (χ3n) is 5.64. The lowest BCUT2D eigenvalue weighted by Gasteiger charge is -2.31. The standard InChI is InChI=1S/C22H28N4O2/c1-24(2)17-9-11-25(14-17)18-6-8-22-23-19(10-12-26(22)15-18)16-5-7-20(27-3)21(13-16)28-4/h5-8,10,13,15,17H,9,11-12,14H2,1-4H3/t17-/m0/s1. The van der Waals surface area contributed by atoms with Gasteiger partial charge >= 0.3 is 0 Å². The van der Waals surface area contributed by atoms with Crippen molar-refractivity contribution in [2.75, 3.05) is 47.9 Å². The molecule has 0 amide bonds. The Kier molecular flexibility index (Phi) is 5.13. The van der Waals surface area contributed by atoms with Crippen LogP contribution in [0.4, 0.5) is 0 Å². The van der Waals surface area contributed by atoms with Gasteiger partial charge in [-0.05, 0) is 56.9 Å². The van der Waals surface area contributed by atoms with Crippen molar-refractivity contribution in [3.05, 3.63) is 53.9 Å². The Hall–Kier alpha value is -2.73. The summed E-state index contributed by atoms with van der Waals surface area (Å²) >= 11 is 0. The van der Waals surface area contributed by atoms with E-state index in [4.69, 9.17) is 14.5 Å². The fraction of sp³-hybridized carbons (Fsp3) is 0.409. The highest BCUT2D eigenvalue weighted by atomic mass is 16.5. The van der Waals surface area contributed by atoms with Crippen LogP contribution in [0.1, 0.15) is 12.0 Å². The predicted molar refractivity (Wildman–Crippen MR) is 113 cm³/mol. The molecule has 6 heteroatoms. The van der Waals surface area contributed by atoms with Crippen molar-refractivity contribution in [3.63, 3.8) is 0 Å². The summed E-state index contributed by atoms with van der Waals surface area (Å²) in [5.41, 5.74) is 3.26. The van der Waals surface area contributed by atoms with Crippen LogP contribution >= 0.6 is 0 Å². The van der Waals surface area contributed by atoms with E-state index in [1.807, 2.05) is 18.2 Å². The van der Waals surface area contributed by atoms with Gasteiger partial charge in [-0.15, -0.1) is 0 Å². The topological polar surface area (TPSA) is 40.5 Å². The van der Waals surface area contributed by atoms with Crippen LogP contribution in [-0.4, -0.2) is 74.5 Å². The summed E-state index contributed by atoms with van der Waals surface area (Å²) in [6.07, 6.45) is 9.89. The van der Waals surface area contributed by atoms with Gasteiger partial charge in [-0.1, -0.05) is 0 Å². The van der Waals surface area contributed by atoms with E-state index in [1.54, 1.807) is 14.2 Å². The molecule has 0 radical (unpaired) electrons. The molecule has 3 aliphatic rings. The maximum atomic E-state index is 5.43. The monoisotopic (exact) mass is 380 g/mol. The van der Waals surface area contributed by atoms with E-state index in [2.05, 4.69) is 53.2 Å². The highest BCUT2D eigenvalue weighted by Crippen LogP contribution is 2.32. The van der Waals surface area contributed by atoms with E-state index in [9.17, 15) is 0 Å². The van der Waals surface area contributed by atoms with Crippen LogP contribution in [0.25, 0.3) is 5.70 Å². The van der Waals surface area contributed by atoms with Crippen LogP contribution < -0.4 is 9.47 Å². The zero-order chi connectivity index (χ0) is 19.7. The minimum Gasteiger partial charge on any atom is -0.493 e. The molecule has 148 valence electrons. The molecule has 1 aromatic carbocycles. The van der Waals surface area contributed by atoms with Crippen LogP contribution in [0.3, 0.4) is 0 Å². The minimum atomic E-state index is 0.627. The molecular formula is C22H28N4O2. The molecule has 3 aliphatic heterocycles. The molecule has 0 spiro atoms. The number of ether oxygens (including phenoxy) is 2. The Labute approximate surface area is 167 Å². The van der Waals surface area contributed by atoms with E-state index in [-0.39, 0.29) is 0 Å². The predicted octanol–water partition coefficient (Wildman–Crippen LogP) is 2.81. The average Bonchev–Trinajstić information content (AvgIpc) is 3.23. The lowest BCUT2D eigenvalue weighted by atomic mass is 10.1. The second-order valence-electron chi connectivity index (χ2n) is 7.52. The lowest BCUT2D eigenvalue weighted by Crippen LogP contribution is -2.34. The quantitative estimate of drug-likeness (QED) is 0.786. The van der Waals surface area contributed by atoms with Crippen LogP contribution in [0, 0.1) is 0 Å². The van der Waals surface area contributed by atoms with E-state index < -0.39 is 0 Å². The summed E-state index contributed by atoms with van der Waals surface area (Å²) in [7, 11) is 7.62. The molecule has 1 atom stereocenters. The third kappa shape index (κ3) is 3.52. The molecule has 0 N–H and O–H groups in total. The highest BCUT2D eigenvalue weighted by molar-refractivity contribution is 6.00. The summed E-state index contributed by atoms with van der Waals surface area (Å²) in [6.45, 7) is 2.99. The molecule has 3 heterocycles. The number of likely N-dealkylation sites (N-methyl/N-ethyl adjacent to an activating group) is 1. The van der Waals surface area contributed by atoms with Crippen LogP contribution in [0.5, 0.6) is 11.5 Å². The summed E-state index contributed by atoms with van der Waals surface area (Å²) in [5, 5.41) is 0. The Morgan fingerprint density at radius 1 is 1.11 bits per heavy atom. The second kappa shape index (κ2) is 7.72. The van der Waals surface area contributed by atoms with Gasteiger partial charge in [0.05, 0.1) is 25.6 Å². The van der Waals surface area contributed by atoms with Crippen molar-refractivity contribution in [1.82, 2.24) is 14.7 Å². The molecule has 4 rings (SSSR count). The molecule has 28 heavy (non-hydrogen) atoms. The van der Waals surface area contributed by atoms with Crippen molar-refractivity contribution >= 4 is 11.5 Å². The minimum absolute atomic E-state index is 0.627. The summed E-state index contributed by atoms with van der Waals surface area (Å²) in [4.78, 5) is 11.9. The molecule has 1 saturated heterocycles. The number of hydrogen-bond acceptors (Lipinski definition) is 6. The van der Waals surface area contributed by atoms with Gasteiger partial charge in [0.15, 0.2) is 11.5 Å². The van der Waals surface area contributed by atoms with E-state index in [1.165, 1.54) is 12.1 Å². The lowest BCUT2D eigenvalue weighted by molar-refractivity contribution is 0.291. The molecule has 0 unspecified atom stereocenters. The van der Waals surface area contributed by atoms with Gasteiger partial charge in [-0.25, -0.2) is 4.99 Å². The molecule has 6 nitrogen and oxygen atoms in total. The van der Waals surface area contributed by atoms with E-state index in [0.29, 0.717) is 6.04 Å². The van der Waals surface area contributed by atoms with Gasteiger partial charge < -0.3 is 24.2 Å². The highest BCUT2D eigenvalue weighted by Gasteiger charge is 2.27. The number of allylic oxidation sites excluding steroid dienone is 1. The zero-order valence-corrected chi connectivity index (χ0v) is 17.1. The van der Waals surface area contributed by atoms with Crippen molar-refractivity contribution in [1.29, 1.82) is 0 Å². The molecule has 1 fully saturated rings. The first kappa shape index (κ1) is 18.6. The molecule has 0 saturated carbocycles. The average molecular weight is 380 g/mol. The number of nitrogens with zero attached hydrogens (tertiary/aromatic N) is 4. The number of rotatable bonds is 5. The van der Waals surface area contributed by atoms with Crippen molar-refractivity contribution in [3.8, 4) is 11.5 Å². The Bertz CT molecular complexity index is 869. The zero-order valence-electron chi connectivity index (χ0n) is 17.1. The first-order chi connectivity index (χ1) is 13.6. The summed E-state index contributed by atoms with van der Waals surface area (Å²) in [6, 6.07) is 6.54. The number of benzene rings is 1. The SMILES string of the molecule is COc1ccc(C2=CCN3C=C(N4CC[C@H](N(C)C)C4)C=CC3=N2)cc1OC. The number of amidine groups is 1. The van der Waals surface area contributed by atoms with Crippen molar-refractivity contribution < 1.29 is 9.47 Å². The molecular weight excluding hydrogens is 352 g/mol. The second-order valence-corrected chi connectivity index (χ2v) is 7.52. The maximum absolute atomic E-state index is 5.43. The van der Waals surface area contributed by atoms with Gasteiger partial charge in [-0.2, -0.15) is 0 Å². The number of fused-ring (bicyclic) bond motifs is 1. The van der Waals surface area contributed by atoms with Crippen LogP contribution in [0.15, 0.2) is 53.3 Å². The largest absolute Gasteiger partial charge is 0.493 e. The Balaban J connectivity index is 1.50. The Morgan fingerprint density at radius 3 is 2.64 bits per heavy atom. The number of aliphatic imine (C=N–C) groups is 1. The normalized spacial score (nSPS) is 21.3. The fourth-order valence-electron chi connectivity index (χ4n) is 3.89. The van der Waals surface area contributed by atoms with Gasteiger partial charge in [-0.3, -0.25) is 0 Å². The first-order valence-electron chi connectivity index (χ1n) is 9.68. The molecule has 1 aromatic rings. The fourth-order valence-corrected chi connectivity index (χ4v) is 3.89. The van der Waals surface area contributed by atoms with Crippen LogP contribution in [-0.2, 0) is 0 Å². The molecule has 0 aliphatic carbocycles. The van der Waals surface area contributed by atoms with Gasteiger partial charge in [0.2, 0.25) is 0 Å². The van der Waals surface area contributed by atoms with Crippen LogP contribution in [0.2, 0.25) is 0 Å². The molecule has 0 bridgehead atoms. The first-order valence-corrected chi connectivity index (χ1v) is 9.68. The smallest absolute Gasteiger partial charge is 0.161 e. The van der Waals surface area contributed by atoms with Crippen molar-refractivity contribution in [2.24, 2.45) is 4.99 Å². The van der Waals surface area contributed by atoms with Crippen molar-refractivity contribution in [2.45, 2.75) is 12.5 Å².